The van der Waals surface area contributed by atoms with Gasteiger partial charge in [0.1, 0.15) is 0 Å². The van der Waals surface area contributed by atoms with Crippen molar-refractivity contribution in [2.45, 2.75) is 64.3 Å². The van der Waals surface area contributed by atoms with Crippen LogP contribution in [0.25, 0.3) is 0 Å². The van der Waals surface area contributed by atoms with Gasteiger partial charge >= 0.3 is 5.97 Å². The fraction of sp³-hybridized carbons (Fsp3) is 0.824. The lowest BCUT2D eigenvalue weighted by atomic mass is 9.93. The Morgan fingerprint density at radius 1 is 1.13 bits per heavy atom. The first kappa shape index (κ1) is 17.8. The highest BCUT2D eigenvalue weighted by Gasteiger charge is 2.32. The number of piperidine rings is 1. The molecule has 2 aliphatic rings. The summed E-state index contributed by atoms with van der Waals surface area (Å²) in [5.74, 6) is -0.944. The van der Waals surface area contributed by atoms with Crippen molar-refractivity contribution in [3.05, 3.63) is 0 Å². The van der Waals surface area contributed by atoms with Crippen molar-refractivity contribution < 1.29 is 19.5 Å². The molecule has 0 spiro atoms. The van der Waals surface area contributed by atoms with E-state index in [0.29, 0.717) is 25.2 Å². The van der Waals surface area contributed by atoms with Gasteiger partial charge in [-0.1, -0.05) is 25.7 Å². The van der Waals surface area contributed by atoms with Crippen LogP contribution in [-0.4, -0.2) is 46.9 Å². The zero-order valence-corrected chi connectivity index (χ0v) is 13.9. The molecule has 1 saturated heterocycles. The second-order valence-electron chi connectivity index (χ2n) is 6.97. The summed E-state index contributed by atoms with van der Waals surface area (Å²) in [5, 5.41) is 11.8. The molecular formula is C17H28N2O4. The Morgan fingerprint density at radius 3 is 2.48 bits per heavy atom. The highest BCUT2D eigenvalue weighted by atomic mass is 16.4. The Balaban J connectivity index is 1.72. The highest BCUT2D eigenvalue weighted by molar-refractivity contribution is 5.85. The van der Waals surface area contributed by atoms with Gasteiger partial charge in [0.2, 0.25) is 11.8 Å². The number of rotatable bonds is 6. The maximum Gasteiger partial charge on any atom is 0.308 e. The molecule has 1 saturated carbocycles. The number of carbonyl (C=O) groups excluding carboxylic acids is 2. The predicted octanol–water partition coefficient (Wildman–Crippen LogP) is 1.78. The summed E-state index contributed by atoms with van der Waals surface area (Å²) in [5.41, 5.74) is 0. The minimum atomic E-state index is -0.852. The normalized spacial score (nSPS) is 25.3. The second kappa shape index (κ2) is 8.31. The summed E-state index contributed by atoms with van der Waals surface area (Å²) in [4.78, 5) is 36.8. The third kappa shape index (κ3) is 5.22. The van der Waals surface area contributed by atoms with Gasteiger partial charge in [0.15, 0.2) is 0 Å². The lowest BCUT2D eigenvalue weighted by molar-refractivity contribution is -0.147. The molecule has 0 radical (unpaired) electrons. The third-order valence-electron chi connectivity index (χ3n) is 5.24. The van der Waals surface area contributed by atoms with Crippen molar-refractivity contribution >= 4 is 17.8 Å². The average molecular weight is 324 g/mol. The molecule has 0 bridgehead atoms. The van der Waals surface area contributed by atoms with E-state index in [9.17, 15) is 14.4 Å². The summed E-state index contributed by atoms with van der Waals surface area (Å²) in [6.45, 7) is 2.14. The fourth-order valence-corrected chi connectivity index (χ4v) is 3.65. The third-order valence-corrected chi connectivity index (χ3v) is 5.24. The molecule has 2 fully saturated rings. The van der Waals surface area contributed by atoms with Crippen LogP contribution in [0.4, 0.5) is 0 Å². The van der Waals surface area contributed by atoms with Gasteiger partial charge in [-0.3, -0.25) is 14.4 Å². The molecule has 23 heavy (non-hydrogen) atoms. The van der Waals surface area contributed by atoms with Gasteiger partial charge < -0.3 is 15.3 Å². The Labute approximate surface area is 137 Å². The van der Waals surface area contributed by atoms with E-state index in [1.807, 2.05) is 6.92 Å². The molecule has 0 aromatic heterocycles. The summed E-state index contributed by atoms with van der Waals surface area (Å²) in [6.07, 6.45) is 7.64. The van der Waals surface area contributed by atoms with Crippen LogP contribution in [0.1, 0.15) is 58.3 Å². The molecule has 2 N–H and O–H groups in total. The van der Waals surface area contributed by atoms with Crippen LogP contribution in [-0.2, 0) is 14.4 Å². The van der Waals surface area contributed by atoms with Gasteiger partial charge in [-0.15, -0.1) is 0 Å². The molecule has 2 rings (SSSR count). The van der Waals surface area contributed by atoms with E-state index in [1.54, 1.807) is 4.90 Å². The van der Waals surface area contributed by atoms with Crippen LogP contribution >= 0.6 is 0 Å². The first-order chi connectivity index (χ1) is 11.0. The van der Waals surface area contributed by atoms with Crippen LogP contribution in [0.5, 0.6) is 0 Å². The van der Waals surface area contributed by atoms with Crippen LogP contribution in [0.15, 0.2) is 0 Å². The minimum absolute atomic E-state index is 0.0276. The molecule has 1 aliphatic carbocycles. The Bertz CT molecular complexity index is 446. The minimum Gasteiger partial charge on any atom is -0.481 e. The average Bonchev–Trinajstić information content (AvgIpc) is 3.04. The molecule has 0 aromatic rings. The molecule has 1 heterocycles. The lowest BCUT2D eigenvalue weighted by Crippen LogP contribution is -2.50. The first-order valence-corrected chi connectivity index (χ1v) is 8.76. The number of likely N-dealkylation sites (tertiary alicyclic amines) is 1. The summed E-state index contributed by atoms with van der Waals surface area (Å²) < 4.78 is 0. The number of carboxylic acid groups (broad SMARTS) is 1. The van der Waals surface area contributed by atoms with E-state index in [2.05, 4.69) is 5.32 Å². The van der Waals surface area contributed by atoms with Gasteiger partial charge in [0.25, 0.3) is 0 Å². The Kier molecular flexibility index (Phi) is 6.42. The zero-order chi connectivity index (χ0) is 16.8. The van der Waals surface area contributed by atoms with E-state index in [0.717, 1.165) is 6.42 Å². The van der Waals surface area contributed by atoms with Crippen molar-refractivity contribution in [2.24, 2.45) is 11.8 Å². The molecule has 1 aliphatic heterocycles. The summed E-state index contributed by atoms with van der Waals surface area (Å²) in [7, 11) is 0. The predicted molar refractivity (Wildman–Crippen MR) is 85.7 cm³/mol. The molecular weight excluding hydrogens is 296 g/mol. The summed E-state index contributed by atoms with van der Waals surface area (Å²) >= 11 is 0. The van der Waals surface area contributed by atoms with Gasteiger partial charge in [0, 0.05) is 19.0 Å². The van der Waals surface area contributed by atoms with E-state index in [1.165, 1.54) is 25.7 Å². The van der Waals surface area contributed by atoms with Crippen LogP contribution < -0.4 is 5.32 Å². The van der Waals surface area contributed by atoms with E-state index >= 15 is 0 Å². The van der Waals surface area contributed by atoms with E-state index in [-0.39, 0.29) is 30.9 Å². The van der Waals surface area contributed by atoms with Gasteiger partial charge in [-0.2, -0.15) is 0 Å². The molecule has 6 nitrogen and oxygen atoms in total. The molecule has 0 aromatic carbocycles. The van der Waals surface area contributed by atoms with Crippen molar-refractivity contribution in [1.82, 2.24) is 10.2 Å². The fourth-order valence-electron chi connectivity index (χ4n) is 3.65. The monoisotopic (exact) mass is 324 g/mol. The SMILES string of the molecule is CC1CCC(C(=O)O)CN1C(=O)CNC(=O)CCC1CCCC1. The van der Waals surface area contributed by atoms with E-state index in [4.69, 9.17) is 5.11 Å². The second-order valence-corrected chi connectivity index (χ2v) is 6.97. The topological polar surface area (TPSA) is 86.7 Å². The quantitative estimate of drug-likeness (QED) is 0.780. The largest absolute Gasteiger partial charge is 0.481 e. The Hall–Kier alpha value is -1.59. The van der Waals surface area contributed by atoms with Crippen LogP contribution in [0.2, 0.25) is 0 Å². The molecule has 2 amide bonds. The van der Waals surface area contributed by atoms with Gasteiger partial charge in [-0.25, -0.2) is 0 Å². The van der Waals surface area contributed by atoms with Crippen molar-refractivity contribution in [3.8, 4) is 0 Å². The van der Waals surface area contributed by atoms with Crippen molar-refractivity contribution in [1.29, 1.82) is 0 Å². The number of hydrogen-bond acceptors (Lipinski definition) is 3. The Morgan fingerprint density at radius 2 is 1.83 bits per heavy atom. The molecule has 130 valence electrons. The van der Waals surface area contributed by atoms with Crippen LogP contribution in [0.3, 0.4) is 0 Å². The summed E-state index contributed by atoms with van der Waals surface area (Å²) in [6, 6.07) is 0.0356. The van der Waals surface area contributed by atoms with Crippen molar-refractivity contribution in [3.63, 3.8) is 0 Å². The molecule has 2 unspecified atom stereocenters. The standard InChI is InChI=1S/C17H28N2O4/c1-12-6-8-14(17(22)23)11-19(12)16(21)10-18-15(20)9-7-13-4-2-3-5-13/h12-14H,2-11H2,1H3,(H,18,20)(H,22,23). The van der Waals surface area contributed by atoms with Gasteiger partial charge in [0.05, 0.1) is 12.5 Å². The zero-order valence-electron chi connectivity index (χ0n) is 13.9. The maximum atomic E-state index is 12.3. The van der Waals surface area contributed by atoms with Gasteiger partial charge in [-0.05, 0) is 32.1 Å². The maximum absolute atomic E-state index is 12.3. The smallest absolute Gasteiger partial charge is 0.308 e. The molecule has 6 heteroatoms. The number of nitrogens with zero attached hydrogens (tertiary/aromatic N) is 1. The molecule has 2 atom stereocenters. The van der Waals surface area contributed by atoms with E-state index < -0.39 is 11.9 Å². The number of hydrogen-bond donors (Lipinski definition) is 2. The number of nitrogens with one attached hydrogen (secondary N) is 1. The van der Waals surface area contributed by atoms with Crippen molar-refractivity contribution in [2.75, 3.05) is 13.1 Å². The number of carboxylic acids is 1. The number of aliphatic carboxylic acids is 1. The first-order valence-electron chi connectivity index (χ1n) is 8.76. The highest BCUT2D eigenvalue weighted by Crippen LogP contribution is 2.28. The number of amides is 2. The number of carbonyl (C=O) groups is 3. The van der Waals surface area contributed by atoms with Crippen LogP contribution in [0, 0.1) is 11.8 Å². The lowest BCUT2D eigenvalue weighted by Gasteiger charge is -2.36.